The molecule has 0 fully saturated rings. The summed E-state index contributed by atoms with van der Waals surface area (Å²) in [6.07, 6.45) is 0. The van der Waals surface area contributed by atoms with Crippen LogP contribution in [0.15, 0.2) is 167 Å². The van der Waals surface area contributed by atoms with Gasteiger partial charge in [0.1, 0.15) is 0 Å². The van der Waals surface area contributed by atoms with Crippen LogP contribution in [-0.2, 0) is 0 Å². The van der Waals surface area contributed by atoms with Crippen molar-refractivity contribution in [3.05, 3.63) is 178 Å². The highest BCUT2D eigenvalue weighted by atomic mass is 16.2. The molecule has 0 bridgehead atoms. The van der Waals surface area contributed by atoms with Crippen LogP contribution in [0.4, 0.5) is 0 Å². The van der Waals surface area contributed by atoms with Crippen LogP contribution in [0, 0.1) is 0 Å². The molecule has 224 valence electrons. The van der Waals surface area contributed by atoms with Crippen LogP contribution in [0.2, 0.25) is 0 Å². The van der Waals surface area contributed by atoms with Crippen molar-refractivity contribution in [3.63, 3.8) is 0 Å². The summed E-state index contributed by atoms with van der Waals surface area (Å²) < 4.78 is 3.71. The normalized spacial score (nSPS) is 11.9. The number of aromatic nitrogens is 2. The van der Waals surface area contributed by atoms with E-state index in [1.165, 1.54) is 15.5 Å². The fourth-order valence-electron chi connectivity index (χ4n) is 7.67. The van der Waals surface area contributed by atoms with E-state index in [9.17, 15) is 9.59 Å². The van der Waals surface area contributed by atoms with Gasteiger partial charge < -0.3 is 4.57 Å². The van der Waals surface area contributed by atoms with Gasteiger partial charge in [0, 0.05) is 38.0 Å². The van der Waals surface area contributed by atoms with Gasteiger partial charge in [-0.3, -0.25) is 9.59 Å². The van der Waals surface area contributed by atoms with Gasteiger partial charge in [0.2, 0.25) is 0 Å². The highest BCUT2D eigenvalue weighted by Crippen LogP contribution is 2.39. The van der Waals surface area contributed by atoms with E-state index in [-0.39, 0.29) is 11.1 Å². The van der Waals surface area contributed by atoms with Gasteiger partial charge in [-0.05, 0) is 81.6 Å². The Morgan fingerprint density at radius 1 is 0.333 bits per heavy atom. The molecule has 0 radical (unpaired) electrons. The van der Waals surface area contributed by atoms with Crippen LogP contribution in [0.3, 0.4) is 0 Å². The lowest BCUT2D eigenvalue weighted by Gasteiger charge is -2.16. The maximum atomic E-state index is 13.9. The zero-order valence-corrected chi connectivity index (χ0v) is 25.7. The number of pyridine rings is 2. The van der Waals surface area contributed by atoms with Crippen molar-refractivity contribution in [2.24, 2.45) is 0 Å². The Morgan fingerprint density at radius 2 is 0.750 bits per heavy atom. The summed E-state index contributed by atoms with van der Waals surface area (Å²) in [5.41, 5.74) is 7.86. The Bertz CT molecular complexity index is 2830. The average molecular weight is 615 g/mol. The fraction of sp³-hybridized carbons (Fsp3) is 0. The molecule has 10 aromatic rings. The van der Waals surface area contributed by atoms with E-state index in [0.717, 1.165) is 60.2 Å². The molecule has 7 aromatic carbocycles. The molecule has 0 aliphatic heterocycles. The molecule has 0 saturated heterocycles. The standard InChI is InChI=1S/C44H26N2O2/c47-43-34-17-9-7-15-32(34)38-25-31(26-39-33-16-8-10-18-35(33)44(48)46(43)42(38)39)45-40-21-19-29(27-11-3-1-4-12-27)23-36(40)37-24-30(20-22-41(37)45)28-13-5-2-6-14-28/h1-26H. The molecule has 0 aliphatic rings. The minimum atomic E-state index is -0.287. The number of rotatable bonds is 3. The third-order valence-electron chi connectivity index (χ3n) is 9.86. The molecule has 4 nitrogen and oxygen atoms in total. The second-order valence-corrected chi connectivity index (χ2v) is 12.5. The van der Waals surface area contributed by atoms with Crippen molar-refractivity contribution in [2.75, 3.05) is 0 Å². The summed E-state index contributed by atoms with van der Waals surface area (Å²) in [6, 6.07) is 53.9. The van der Waals surface area contributed by atoms with Gasteiger partial charge in [-0.2, -0.15) is 0 Å². The van der Waals surface area contributed by atoms with E-state index in [1.54, 1.807) is 0 Å². The number of hydrogen-bond donors (Lipinski definition) is 0. The smallest absolute Gasteiger partial charge is 0.266 e. The summed E-state index contributed by atoms with van der Waals surface area (Å²) in [7, 11) is 0. The topological polar surface area (TPSA) is 43.5 Å². The molecule has 0 amide bonds. The first kappa shape index (κ1) is 26.7. The SMILES string of the molecule is O=c1c2ccccc2c2cc(-n3c4ccc(-c5ccccc5)cc4c4cc(-c5ccccc5)ccc43)cc3c4ccccc4c(=O)n1c23. The second-order valence-electron chi connectivity index (χ2n) is 12.5. The first-order chi connectivity index (χ1) is 23.7. The van der Waals surface area contributed by atoms with E-state index in [0.29, 0.717) is 16.3 Å². The molecule has 4 heteroatoms. The molecular weight excluding hydrogens is 588 g/mol. The highest BCUT2D eigenvalue weighted by molar-refractivity contribution is 6.19. The van der Waals surface area contributed by atoms with E-state index in [4.69, 9.17) is 0 Å². The van der Waals surface area contributed by atoms with Crippen molar-refractivity contribution in [2.45, 2.75) is 0 Å². The van der Waals surface area contributed by atoms with Crippen molar-refractivity contribution in [1.29, 1.82) is 0 Å². The molecule has 0 saturated carbocycles. The molecule has 0 atom stereocenters. The molecule has 10 rings (SSSR count). The predicted molar refractivity (Wildman–Crippen MR) is 199 cm³/mol. The number of nitrogens with zero attached hydrogens (tertiary/aromatic N) is 2. The first-order valence-corrected chi connectivity index (χ1v) is 16.1. The molecule has 0 spiro atoms. The maximum absolute atomic E-state index is 13.9. The van der Waals surface area contributed by atoms with Crippen molar-refractivity contribution >= 4 is 59.6 Å². The van der Waals surface area contributed by atoms with Crippen molar-refractivity contribution < 1.29 is 0 Å². The lowest BCUT2D eigenvalue weighted by molar-refractivity contribution is 1.09. The van der Waals surface area contributed by atoms with Crippen molar-refractivity contribution in [1.82, 2.24) is 8.97 Å². The Labute approximate surface area is 274 Å². The highest BCUT2D eigenvalue weighted by Gasteiger charge is 2.20. The van der Waals surface area contributed by atoms with E-state index < -0.39 is 0 Å². The average Bonchev–Trinajstić information content (AvgIpc) is 3.48. The summed E-state index contributed by atoms with van der Waals surface area (Å²) in [6.45, 7) is 0. The molecule has 48 heavy (non-hydrogen) atoms. The summed E-state index contributed by atoms with van der Waals surface area (Å²) in [5, 5.41) is 6.79. The van der Waals surface area contributed by atoms with Gasteiger partial charge in [-0.15, -0.1) is 0 Å². The summed E-state index contributed by atoms with van der Waals surface area (Å²) >= 11 is 0. The Hall–Kier alpha value is -6.52. The zero-order chi connectivity index (χ0) is 31.9. The summed E-state index contributed by atoms with van der Waals surface area (Å²) in [5.74, 6) is 0. The molecule has 3 heterocycles. The van der Waals surface area contributed by atoms with Gasteiger partial charge in [-0.1, -0.05) is 109 Å². The number of hydrogen-bond acceptors (Lipinski definition) is 2. The maximum Gasteiger partial charge on any atom is 0.266 e. The summed E-state index contributed by atoms with van der Waals surface area (Å²) in [4.78, 5) is 27.8. The van der Waals surface area contributed by atoms with Crippen LogP contribution in [0.5, 0.6) is 0 Å². The first-order valence-electron chi connectivity index (χ1n) is 16.1. The lowest BCUT2D eigenvalue weighted by Crippen LogP contribution is -2.27. The molecule has 0 N–H and O–H groups in total. The Balaban J connectivity index is 1.37. The second kappa shape index (κ2) is 9.99. The van der Waals surface area contributed by atoms with Crippen molar-refractivity contribution in [3.8, 4) is 27.9 Å². The van der Waals surface area contributed by atoms with Gasteiger partial charge in [0.25, 0.3) is 11.1 Å². The van der Waals surface area contributed by atoms with Crippen LogP contribution in [0.1, 0.15) is 0 Å². The van der Waals surface area contributed by atoms with Crippen LogP contribution >= 0.6 is 0 Å². The van der Waals surface area contributed by atoms with E-state index >= 15 is 0 Å². The lowest BCUT2D eigenvalue weighted by atomic mass is 9.98. The van der Waals surface area contributed by atoms with Crippen LogP contribution < -0.4 is 11.1 Å². The molecule has 0 unspecified atom stereocenters. The van der Waals surface area contributed by atoms with E-state index in [2.05, 4.69) is 102 Å². The van der Waals surface area contributed by atoms with Gasteiger partial charge in [-0.25, -0.2) is 4.40 Å². The Morgan fingerprint density at radius 3 is 1.21 bits per heavy atom. The van der Waals surface area contributed by atoms with Crippen LogP contribution in [-0.4, -0.2) is 8.97 Å². The van der Waals surface area contributed by atoms with Gasteiger partial charge in [0.05, 0.1) is 16.6 Å². The minimum Gasteiger partial charge on any atom is -0.309 e. The van der Waals surface area contributed by atoms with Crippen LogP contribution in [0.25, 0.3) is 87.6 Å². The third kappa shape index (κ3) is 3.71. The monoisotopic (exact) mass is 614 g/mol. The zero-order valence-electron chi connectivity index (χ0n) is 25.7. The third-order valence-corrected chi connectivity index (χ3v) is 9.86. The predicted octanol–water partition coefficient (Wildman–Crippen LogP) is 9.99. The Kier molecular flexibility index (Phi) is 5.55. The molecule has 0 aliphatic carbocycles. The number of benzene rings is 7. The van der Waals surface area contributed by atoms with Gasteiger partial charge in [0.15, 0.2) is 0 Å². The quantitative estimate of drug-likeness (QED) is 0.147. The largest absolute Gasteiger partial charge is 0.309 e. The van der Waals surface area contributed by atoms with E-state index in [1.807, 2.05) is 60.7 Å². The fourth-order valence-corrected chi connectivity index (χ4v) is 7.67. The number of fused-ring (bicyclic) bond motifs is 7. The molecule has 3 aromatic heterocycles. The minimum absolute atomic E-state index is 0.287. The molecular formula is C44H26N2O2. The van der Waals surface area contributed by atoms with Gasteiger partial charge >= 0.3 is 0 Å².